The Labute approximate surface area is 253 Å². The van der Waals surface area contributed by atoms with E-state index in [2.05, 4.69) is 65.4 Å². The standard InChI is InChI=1S/C37H38N4O2/c1-37(2,3)43-36(42)41-33-18-28(33)19-34(41)31-17-30(20-38-31)24-10-6-22(7-11-24)4-5-23-8-12-25(13-9-23)32-21-39-35(40-32)29-15-26-14-27(26)16-29/h6-13,20-21,26-29,33-34H,14-19H2,1-3H3,(H,39,40)/t26-,27+,28-,29?,33-,34+/m1/s1. The summed E-state index contributed by atoms with van der Waals surface area (Å²) in [6.07, 6.45) is 10.6. The molecule has 1 saturated heterocycles. The van der Waals surface area contributed by atoms with Gasteiger partial charge in [0.2, 0.25) is 0 Å². The van der Waals surface area contributed by atoms with Crippen LogP contribution in [0.15, 0.2) is 65.9 Å². The van der Waals surface area contributed by atoms with E-state index in [-0.39, 0.29) is 12.1 Å². The summed E-state index contributed by atoms with van der Waals surface area (Å²) in [6.45, 7) is 5.77. The van der Waals surface area contributed by atoms with Crippen molar-refractivity contribution in [2.45, 2.75) is 82.9 Å². The SMILES string of the molecule is CC(C)(C)OC(=O)N1[C@@H]2C[C@@H]2C[C@H]1C1=NC=C(c2ccc(C#Cc3ccc(-c4cnc(C5C[C@@H]6C[C@@H]6C5)[nH]4)cc3)cc2)C1. The van der Waals surface area contributed by atoms with Crippen LogP contribution in [-0.4, -0.2) is 44.4 Å². The molecule has 5 aliphatic rings. The molecule has 0 spiro atoms. The average molecular weight is 571 g/mol. The minimum atomic E-state index is -0.497. The third kappa shape index (κ3) is 5.31. The van der Waals surface area contributed by atoms with Crippen molar-refractivity contribution in [1.29, 1.82) is 0 Å². The largest absolute Gasteiger partial charge is 0.444 e. The van der Waals surface area contributed by atoms with E-state index in [0.29, 0.717) is 17.9 Å². The number of fused-ring (bicyclic) bond motifs is 2. The first-order chi connectivity index (χ1) is 20.8. The second-order valence-electron chi connectivity index (χ2n) is 14.2. The number of H-pyrrole nitrogens is 1. The summed E-state index contributed by atoms with van der Waals surface area (Å²) in [6, 6.07) is 17.2. The van der Waals surface area contributed by atoms with Crippen molar-refractivity contribution >= 4 is 17.4 Å². The Bertz CT molecular complexity index is 1690. The molecule has 43 heavy (non-hydrogen) atoms. The number of piperidine rings is 1. The van der Waals surface area contributed by atoms with Gasteiger partial charge in [-0.15, -0.1) is 0 Å². The lowest BCUT2D eigenvalue weighted by Gasteiger charge is -2.30. The summed E-state index contributed by atoms with van der Waals surface area (Å²) >= 11 is 0. The second kappa shape index (κ2) is 9.98. The molecule has 3 saturated carbocycles. The normalized spacial score (nSPS) is 28.4. The molecule has 6 atom stereocenters. The van der Waals surface area contributed by atoms with Gasteiger partial charge in [-0.3, -0.25) is 9.89 Å². The Morgan fingerprint density at radius 1 is 0.884 bits per heavy atom. The Morgan fingerprint density at radius 2 is 1.56 bits per heavy atom. The van der Waals surface area contributed by atoms with E-state index < -0.39 is 5.60 Å². The van der Waals surface area contributed by atoms with Gasteiger partial charge in [-0.2, -0.15) is 0 Å². The van der Waals surface area contributed by atoms with E-state index in [1.54, 1.807) is 0 Å². The molecular weight excluding hydrogens is 532 g/mol. The van der Waals surface area contributed by atoms with Gasteiger partial charge < -0.3 is 9.72 Å². The lowest BCUT2D eigenvalue weighted by molar-refractivity contribution is 0.0230. The Balaban J connectivity index is 0.882. The number of likely N-dealkylation sites (tertiary alicyclic amines) is 1. The molecule has 6 nitrogen and oxygen atoms in total. The van der Waals surface area contributed by atoms with Crippen LogP contribution < -0.4 is 0 Å². The van der Waals surface area contributed by atoms with E-state index in [1.807, 2.05) is 38.1 Å². The summed E-state index contributed by atoms with van der Waals surface area (Å²) in [5.41, 5.74) is 7.10. The fraction of sp³-hybridized carbons (Fsp3) is 0.432. The van der Waals surface area contributed by atoms with E-state index in [0.717, 1.165) is 70.6 Å². The predicted molar refractivity (Wildman–Crippen MR) is 168 cm³/mol. The highest BCUT2D eigenvalue weighted by Crippen LogP contribution is 2.57. The molecule has 8 rings (SSSR count). The maximum atomic E-state index is 13.0. The van der Waals surface area contributed by atoms with Crippen LogP contribution in [0.3, 0.4) is 0 Å². The maximum absolute atomic E-state index is 13.0. The van der Waals surface area contributed by atoms with E-state index in [9.17, 15) is 4.79 Å². The number of allylic oxidation sites excluding steroid dienone is 1. The number of imidazole rings is 1. The zero-order valence-electron chi connectivity index (χ0n) is 25.1. The molecule has 6 heteroatoms. The summed E-state index contributed by atoms with van der Waals surface area (Å²) in [7, 11) is 0. The van der Waals surface area contributed by atoms with Gasteiger partial charge in [0.1, 0.15) is 11.4 Å². The molecule has 218 valence electrons. The van der Waals surface area contributed by atoms with E-state index in [1.165, 1.54) is 24.8 Å². The quantitative estimate of drug-likeness (QED) is 0.329. The summed E-state index contributed by atoms with van der Waals surface area (Å²) < 4.78 is 5.73. The first kappa shape index (κ1) is 26.5. The molecular formula is C37H38N4O2. The van der Waals surface area contributed by atoms with Gasteiger partial charge in [-0.1, -0.05) is 36.1 Å². The Hall–Kier alpha value is -4.11. The third-order valence-corrected chi connectivity index (χ3v) is 9.88. The van der Waals surface area contributed by atoms with E-state index in [4.69, 9.17) is 14.7 Å². The van der Waals surface area contributed by atoms with E-state index >= 15 is 0 Å². The number of aromatic nitrogens is 2. The second-order valence-corrected chi connectivity index (χ2v) is 14.2. The molecule has 3 heterocycles. The number of nitrogens with one attached hydrogen (secondary N) is 1. The highest BCUT2D eigenvalue weighted by Gasteiger charge is 2.56. The number of benzene rings is 2. The van der Waals surface area contributed by atoms with Crippen molar-refractivity contribution in [2.24, 2.45) is 22.7 Å². The number of hydrogen-bond donors (Lipinski definition) is 1. The number of aromatic amines is 1. The van der Waals surface area contributed by atoms with Crippen molar-refractivity contribution in [3.8, 4) is 23.1 Å². The number of hydrogen-bond acceptors (Lipinski definition) is 4. The van der Waals surface area contributed by atoms with Crippen LogP contribution in [-0.2, 0) is 4.74 Å². The van der Waals surface area contributed by atoms with Crippen LogP contribution in [0.4, 0.5) is 4.79 Å². The first-order valence-corrected chi connectivity index (χ1v) is 15.8. The lowest BCUT2D eigenvalue weighted by atomic mass is 9.97. The molecule has 1 unspecified atom stereocenters. The molecule has 2 aromatic carbocycles. The fourth-order valence-corrected chi connectivity index (χ4v) is 7.43. The maximum Gasteiger partial charge on any atom is 0.411 e. The van der Waals surface area contributed by atoms with Crippen LogP contribution in [0.5, 0.6) is 0 Å². The molecule has 2 aliphatic heterocycles. The minimum absolute atomic E-state index is 0.0389. The highest BCUT2D eigenvalue weighted by atomic mass is 16.6. The summed E-state index contributed by atoms with van der Waals surface area (Å²) in [5, 5.41) is 0. The number of nitrogens with zero attached hydrogens (tertiary/aromatic N) is 3. The fourth-order valence-electron chi connectivity index (χ4n) is 7.43. The summed E-state index contributed by atoms with van der Waals surface area (Å²) in [4.78, 5) is 28.0. The van der Waals surface area contributed by atoms with Crippen LogP contribution in [0, 0.1) is 29.6 Å². The molecule has 1 aromatic heterocycles. The molecule has 0 radical (unpaired) electrons. The van der Waals surface area contributed by atoms with Crippen LogP contribution in [0.2, 0.25) is 0 Å². The third-order valence-electron chi connectivity index (χ3n) is 9.88. The van der Waals surface area contributed by atoms with Crippen molar-refractivity contribution in [3.63, 3.8) is 0 Å². The average Bonchev–Trinajstić information content (AvgIpc) is 3.56. The number of carbonyl (C=O) groups excluding carboxylic acids is 1. The lowest BCUT2D eigenvalue weighted by Crippen LogP contribution is -2.45. The van der Waals surface area contributed by atoms with Crippen LogP contribution >= 0.6 is 0 Å². The van der Waals surface area contributed by atoms with Crippen molar-refractivity contribution in [2.75, 3.05) is 0 Å². The van der Waals surface area contributed by atoms with Crippen molar-refractivity contribution in [3.05, 3.63) is 83.4 Å². The molecule has 1 amide bonds. The highest BCUT2D eigenvalue weighted by molar-refractivity contribution is 6.03. The molecule has 4 fully saturated rings. The number of ether oxygens (including phenoxy) is 1. The molecule has 0 bridgehead atoms. The number of aliphatic imine (C=N–C) groups is 1. The first-order valence-electron chi connectivity index (χ1n) is 15.8. The summed E-state index contributed by atoms with van der Waals surface area (Å²) in [5.74, 6) is 10.9. The monoisotopic (exact) mass is 570 g/mol. The number of rotatable bonds is 4. The van der Waals surface area contributed by atoms with Gasteiger partial charge in [0.05, 0.1) is 17.9 Å². The van der Waals surface area contributed by atoms with Gasteiger partial charge in [0.15, 0.2) is 0 Å². The van der Waals surface area contributed by atoms with Crippen molar-refractivity contribution < 1.29 is 9.53 Å². The topological polar surface area (TPSA) is 70.6 Å². The smallest absolute Gasteiger partial charge is 0.411 e. The van der Waals surface area contributed by atoms with Gasteiger partial charge in [-0.05, 0) is 112 Å². The van der Waals surface area contributed by atoms with Gasteiger partial charge >= 0.3 is 6.09 Å². The minimum Gasteiger partial charge on any atom is -0.444 e. The van der Waals surface area contributed by atoms with Gasteiger partial charge in [-0.25, -0.2) is 9.78 Å². The van der Waals surface area contributed by atoms with Gasteiger partial charge in [0.25, 0.3) is 0 Å². The zero-order valence-corrected chi connectivity index (χ0v) is 25.1. The van der Waals surface area contributed by atoms with Crippen LogP contribution in [0.1, 0.15) is 87.7 Å². The predicted octanol–water partition coefficient (Wildman–Crippen LogP) is 7.57. The Kier molecular flexibility index (Phi) is 6.15. The number of amides is 1. The van der Waals surface area contributed by atoms with Crippen LogP contribution in [0.25, 0.3) is 16.8 Å². The molecule has 3 aliphatic carbocycles. The Morgan fingerprint density at radius 3 is 2.23 bits per heavy atom. The van der Waals surface area contributed by atoms with Gasteiger partial charge in [0, 0.05) is 41.4 Å². The number of carbonyl (C=O) groups is 1. The van der Waals surface area contributed by atoms with Crippen molar-refractivity contribution in [1.82, 2.24) is 14.9 Å². The molecule has 1 N–H and O–H groups in total. The molecule has 3 aromatic rings. The zero-order chi connectivity index (χ0) is 29.3.